The van der Waals surface area contributed by atoms with Gasteiger partial charge in [-0.25, -0.2) is 4.98 Å². The Kier molecular flexibility index (Phi) is 3.66. The number of nitrogens with zero attached hydrogens (tertiary/aromatic N) is 5. The summed E-state index contributed by atoms with van der Waals surface area (Å²) in [5.74, 6) is 0.240. The summed E-state index contributed by atoms with van der Waals surface area (Å²) in [6.07, 6.45) is 5.82. The van der Waals surface area contributed by atoms with E-state index in [1.807, 2.05) is 18.2 Å². The molecule has 0 amide bonds. The van der Waals surface area contributed by atoms with Crippen molar-refractivity contribution in [1.82, 2.24) is 14.8 Å². The molecule has 1 heterocycles. The molecule has 5 heteroatoms. The van der Waals surface area contributed by atoms with Gasteiger partial charge in [0.05, 0.1) is 23.6 Å². The lowest BCUT2D eigenvalue weighted by atomic mass is 9.74. The highest BCUT2D eigenvalue weighted by atomic mass is 15.3. The molecule has 0 N–H and O–H groups in total. The van der Waals surface area contributed by atoms with Gasteiger partial charge in [0.25, 0.3) is 0 Å². The van der Waals surface area contributed by atoms with Crippen LogP contribution in [0.15, 0.2) is 30.9 Å². The van der Waals surface area contributed by atoms with E-state index in [4.69, 9.17) is 5.26 Å². The minimum Gasteiger partial charge on any atom is -0.253 e. The predicted molar refractivity (Wildman–Crippen MR) is 76.0 cm³/mol. The summed E-state index contributed by atoms with van der Waals surface area (Å²) in [5, 5.41) is 22.5. The second kappa shape index (κ2) is 5.76. The fourth-order valence-corrected chi connectivity index (χ4v) is 3.11. The second-order valence-electron chi connectivity index (χ2n) is 5.35. The highest BCUT2D eigenvalue weighted by Gasteiger charge is 2.29. The molecule has 104 valence electrons. The third-order valence-corrected chi connectivity index (χ3v) is 4.18. The van der Waals surface area contributed by atoms with E-state index >= 15 is 0 Å². The smallest absolute Gasteiger partial charge is 0.137 e. The number of fused-ring (bicyclic) bond motifs is 1. The van der Waals surface area contributed by atoms with Crippen molar-refractivity contribution in [2.75, 3.05) is 0 Å². The Bertz CT molecular complexity index is 705. The van der Waals surface area contributed by atoms with Crippen molar-refractivity contribution in [3.8, 4) is 12.1 Å². The molecular formula is C16H15N5. The zero-order valence-electron chi connectivity index (χ0n) is 11.6. The number of benzene rings is 1. The lowest BCUT2D eigenvalue weighted by molar-refractivity contribution is 0.399. The van der Waals surface area contributed by atoms with Gasteiger partial charge in [0.1, 0.15) is 12.7 Å². The minimum atomic E-state index is 0.0361. The highest BCUT2D eigenvalue weighted by molar-refractivity contribution is 5.42. The van der Waals surface area contributed by atoms with Gasteiger partial charge in [-0.1, -0.05) is 6.07 Å². The van der Waals surface area contributed by atoms with Crippen LogP contribution in [-0.2, 0) is 13.0 Å². The van der Waals surface area contributed by atoms with Crippen LogP contribution in [0.4, 0.5) is 0 Å². The third kappa shape index (κ3) is 2.64. The van der Waals surface area contributed by atoms with E-state index in [2.05, 4.69) is 22.2 Å². The molecule has 3 rings (SSSR count). The number of hydrogen-bond donors (Lipinski definition) is 0. The van der Waals surface area contributed by atoms with Crippen LogP contribution in [0.3, 0.4) is 0 Å². The first-order chi connectivity index (χ1) is 10.3. The van der Waals surface area contributed by atoms with Crippen LogP contribution in [0.25, 0.3) is 0 Å². The highest BCUT2D eigenvalue weighted by Crippen LogP contribution is 2.38. The average molecular weight is 277 g/mol. The summed E-state index contributed by atoms with van der Waals surface area (Å²) < 4.78 is 1.80. The quantitative estimate of drug-likeness (QED) is 0.863. The third-order valence-electron chi connectivity index (χ3n) is 4.18. The molecule has 0 radical (unpaired) electrons. The maximum atomic E-state index is 9.41. The predicted octanol–water partition coefficient (Wildman–Crippen LogP) is 2.41. The molecular weight excluding hydrogens is 262 g/mol. The van der Waals surface area contributed by atoms with Gasteiger partial charge in [0.15, 0.2) is 0 Å². The van der Waals surface area contributed by atoms with Crippen LogP contribution < -0.4 is 0 Å². The molecule has 5 nitrogen and oxygen atoms in total. The SMILES string of the molecule is N#Cc1ccc2c(c1)CC[C@H](C#N)[C@H]2CCn1cncn1. The largest absolute Gasteiger partial charge is 0.253 e. The van der Waals surface area contributed by atoms with E-state index in [0.717, 1.165) is 25.8 Å². The molecule has 1 aliphatic carbocycles. The normalized spacial score (nSPS) is 20.3. The first kappa shape index (κ1) is 13.3. The first-order valence-corrected chi connectivity index (χ1v) is 7.07. The van der Waals surface area contributed by atoms with Gasteiger partial charge < -0.3 is 0 Å². The van der Waals surface area contributed by atoms with Gasteiger partial charge in [-0.3, -0.25) is 4.68 Å². The molecule has 0 spiro atoms. The number of aryl methyl sites for hydroxylation is 2. The van der Waals surface area contributed by atoms with Crippen molar-refractivity contribution in [2.45, 2.75) is 31.7 Å². The summed E-state index contributed by atoms with van der Waals surface area (Å²) in [5.41, 5.74) is 3.12. The Morgan fingerprint density at radius 1 is 1.33 bits per heavy atom. The Balaban J connectivity index is 1.86. The van der Waals surface area contributed by atoms with E-state index in [-0.39, 0.29) is 11.8 Å². The molecule has 1 aromatic carbocycles. The monoisotopic (exact) mass is 277 g/mol. The minimum absolute atomic E-state index is 0.0361. The fourth-order valence-electron chi connectivity index (χ4n) is 3.11. The van der Waals surface area contributed by atoms with Gasteiger partial charge >= 0.3 is 0 Å². The molecule has 1 aliphatic rings. The van der Waals surface area contributed by atoms with Crippen molar-refractivity contribution in [2.24, 2.45) is 5.92 Å². The summed E-state index contributed by atoms with van der Waals surface area (Å²) in [7, 11) is 0. The average Bonchev–Trinajstić information content (AvgIpc) is 3.05. The summed E-state index contributed by atoms with van der Waals surface area (Å²) in [6, 6.07) is 10.5. The summed E-state index contributed by atoms with van der Waals surface area (Å²) in [4.78, 5) is 3.94. The topological polar surface area (TPSA) is 78.3 Å². The standard InChI is InChI=1S/C16H15N5/c17-8-12-1-4-15-13(7-12)2-3-14(9-18)16(15)5-6-21-11-19-10-20-21/h1,4,7,10-11,14,16H,2-3,5-6H2/t14-,16-/m1/s1. The lowest BCUT2D eigenvalue weighted by Crippen LogP contribution is -2.21. The van der Waals surface area contributed by atoms with Gasteiger partial charge in [-0.15, -0.1) is 0 Å². The van der Waals surface area contributed by atoms with Crippen LogP contribution in [0.5, 0.6) is 0 Å². The van der Waals surface area contributed by atoms with Crippen molar-refractivity contribution >= 4 is 0 Å². The molecule has 21 heavy (non-hydrogen) atoms. The van der Waals surface area contributed by atoms with Crippen molar-refractivity contribution < 1.29 is 0 Å². The molecule has 1 aromatic heterocycles. The summed E-state index contributed by atoms with van der Waals surface area (Å²) >= 11 is 0. The Morgan fingerprint density at radius 3 is 2.95 bits per heavy atom. The maximum absolute atomic E-state index is 9.41. The van der Waals surface area contributed by atoms with Gasteiger partial charge in [0, 0.05) is 12.5 Å². The fraction of sp³-hybridized carbons (Fsp3) is 0.375. The van der Waals surface area contributed by atoms with Gasteiger partial charge in [0.2, 0.25) is 0 Å². The Hall–Kier alpha value is -2.66. The van der Waals surface area contributed by atoms with E-state index in [0.29, 0.717) is 5.56 Å². The number of rotatable bonds is 3. The molecule has 2 atom stereocenters. The molecule has 0 saturated carbocycles. The molecule has 2 aromatic rings. The van der Waals surface area contributed by atoms with E-state index in [1.165, 1.54) is 17.5 Å². The van der Waals surface area contributed by atoms with Gasteiger partial charge in [-0.2, -0.15) is 15.6 Å². The molecule has 0 aliphatic heterocycles. The maximum Gasteiger partial charge on any atom is 0.137 e. The van der Waals surface area contributed by atoms with Crippen LogP contribution in [0.2, 0.25) is 0 Å². The van der Waals surface area contributed by atoms with Crippen molar-refractivity contribution in [3.05, 3.63) is 47.5 Å². The Morgan fingerprint density at radius 2 is 2.24 bits per heavy atom. The Labute approximate surface area is 123 Å². The number of hydrogen-bond acceptors (Lipinski definition) is 4. The van der Waals surface area contributed by atoms with Crippen LogP contribution in [0, 0.1) is 28.6 Å². The van der Waals surface area contributed by atoms with Gasteiger partial charge in [-0.05, 0) is 42.5 Å². The number of nitriles is 2. The first-order valence-electron chi connectivity index (χ1n) is 7.07. The molecule has 0 fully saturated rings. The molecule has 0 unspecified atom stereocenters. The zero-order chi connectivity index (χ0) is 14.7. The number of aromatic nitrogens is 3. The van der Waals surface area contributed by atoms with E-state index in [1.54, 1.807) is 11.0 Å². The van der Waals surface area contributed by atoms with Crippen LogP contribution in [-0.4, -0.2) is 14.8 Å². The lowest BCUT2D eigenvalue weighted by Gasteiger charge is -2.29. The second-order valence-corrected chi connectivity index (χ2v) is 5.35. The van der Waals surface area contributed by atoms with E-state index in [9.17, 15) is 5.26 Å². The molecule has 0 saturated heterocycles. The zero-order valence-corrected chi connectivity index (χ0v) is 11.6. The van der Waals surface area contributed by atoms with Crippen LogP contribution >= 0.6 is 0 Å². The molecule has 0 bridgehead atoms. The van der Waals surface area contributed by atoms with Crippen molar-refractivity contribution in [3.63, 3.8) is 0 Å². The summed E-state index contributed by atoms with van der Waals surface area (Å²) in [6.45, 7) is 0.752. The van der Waals surface area contributed by atoms with E-state index < -0.39 is 0 Å². The van der Waals surface area contributed by atoms with Crippen LogP contribution in [0.1, 0.15) is 35.4 Å². The van der Waals surface area contributed by atoms with Crippen molar-refractivity contribution in [1.29, 1.82) is 10.5 Å².